The van der Waals surface area contributed by atoms with Crippen molar-refractivity contribution in [1.29, 1.82) is 0 Å². The molecule has 0 amide bonds. The minimum atomic E-state index is 0.0233. The first-order valence-corrected chi connectivity index (χ1v) is 22.3. The number of rotatable bonds is 41. The van der Waals surface area contributed by atoms with E-state index in [0.29, 0.717) is 13.0 Å². The van der Waals surface area contributed by atoms with Crippen molar-refractivity contribution in [2.75, 3.05) is 26.3 Å². The number of aliphatic hydroxyl groups excluding tert-OH is 1. The average Bonchev–Trinajstić information content (AvgIpc) is 3.10. The number of carbonyl (C=O) groups is 1. The van der Waals surface area contributed by atoms with E-state index in [1.807, 2.05) is 0 Å². The molecule has 0 aromatic carbocycles. The molecular weight excluding hydrogens is 606 g/mol. The van der Waals surface area contributed by atoms with E-state index in [1.165, 1.54) is 148 Å². The lowest BCUT2D eigenvalue weighted by atomic mass is 10.0. The molecule has 0 saturated heterocycles. The minimum Gasteiger partial charge on any atom is -0.462 e. The predicted octanol–water partition coefficient (Wildman–Crippen LogP) is 13.5. The van der Waals surface area contributed by atoms with E-state index < -0.39 is 0 Å². The van der Waals surface area contributed by atoms with E-state index in [9.17, 15) is 9.90 Å². The largest absolute Gasteiger partial charge is 0.462 e. The Hall–Kier alpha value is -0.650. The van der Waals surface area contributed by atoms with Gasteiger partial charge in [0, 0.05) is 26.1 Å². The normalized spacial score (nSPS) is 12.4. The molecule has 5 heteroatoms. The Morgan fingerprint density at radius 1 is 0.490 bits per heavy atom. The minimum absolute atomic E-state index is 0.0233. The molecule has 0 rings (SSSR count). The van der Waals surface area contributed by atoms with Gasteiger partial charge in [0.25, 0.3) is 0 Å². The van der Waals surface area contributed by atoms with Crippen LogP contribution in [0, 0.1) is 0 Å². The van der Waals surface area contributed by atoms with Crippen LogP contribution in [0.1, 0.15) is 240 Å². The fourth-order valence-corrected chi connectivity index (χ4v) is 7.03. The molecule has 0 spiro atoms. The fourth-order valence-electron chi connectivity index (χ4n) is 7.03. The van der Waals surface area contributed by atoms with Crippen LogP contribution in [-0.2, 0) is 14.3 Å². The van der Waals surface area contributed by atoms with Crippen molar-refractivity contribution in [2.24, 2.45) is 0 Å². The summed E-state index contributed by atoms with van der Waals surface area (Å²) in [5, 5.41) is 9.83. The van der Waals surface area contributed by atoms with Crippen LogP contribution in [0.25, 0.3) is 0 Å². The maximum Gasteiger partial charge on any atom is 0.306 e. The number of ether oxygens (including phenoxy) is 2. The van der Waals surface area contributed by atoms with Gasteiger partial charge in [-0.15, -0.1) is 0 Å². The molecule has 0 saturated carbocycles. The molecule has 5 nitrogen and oxygen atoms in total. The SMILES string of the molecule is CCCCCCCCCCCOC(CCCCC)N(CCO)CCCCCCCC(=O)OC(CCCCCCCC)CCCCCCCC. The van der Waals surface area contributed by atoms with Gasteiger partial charge in [0.15, 0.2) is 0 Å². The van der Waals surface area contributed by atoms with Crippen LogP contribution in [-0.4, -0.2) is 54.6 Å². The van der Waals surface area contributed by atoms with Crippen LogP contribution >= 0.6 is 0 Å². The predicted molar refractivity (Wildman–Crippen MR) is 213 cm³/mol. The molecular formula is C44H89NO4. The molecule has 0 radical (unpaired) electrons. The molecule has 1 atom stereocenters. The zero-order valence-corrected chi connectivity index (χ0v) is 33.9. The average molecular weight is 696 g/mol. The highest BCUT2D eigenvalue weighted by molar-refractivity contribution is 5.69. The lowest BCUT2D eigenvalue weighted by Gasteiger charge is -2.31. The van der Waals surface area contributed by atoms with Crippen molar-refractivity contribution in [3.8, 4) is 0 Å². The zero-order valence-electron chi connectivity index (χ0n) is 33.9. The fraction of sp³-hybridized carbons (Fsp3) is 0.977. The first kappa shape index (κ1) is 48.3. The Morgan fingerprint density at radius 2 is 0.898 bits per heavy atom. The van der Waals surface area contributed by atoms with Gasteiger partial charge in [-0.2, -0.15) is 0 Å². The van der Waals surface area contributed by atoms with E-state index in [2.05, 4.69) is 32.6 Å². The Kier molecular flexibility index (Phi) is 39.6. The Balaban J connectivity index is 4.41. The summed E-state index contributed by atoms with van der Waals surface area (Å²) in [7, 11) is 0. The summed E-state index contributed by atoms with van der Waals surface area (Å²) in [5.74, 6) is 0.0233. The molecule has 0 aromatic heterocycles. The molecule has 0 aliphatic rings. The standard InChI is InChI=1S/C44H89NO4/c1-5-9-13-16-19-20-21-27-33-41-48-43(36-28-12-8-4)45(39-40-46)38-32-26-22-25-31-37-44(47)49-42(34-29-23-17-14-10-6-2)35-30-24-18-15-11-7-3/h42-43,46H,5-41H2,1-4H3. The van der Waals surface area contributed by atoms with Gasteiger partial charge in [-0.3, -0.25) is 9.69 Å². The van der Waals surface area contributed by atoms with Crippen LogP contribution in [0.5, 0.6) is 0 Å². The van der Waals surface area contributed by atoms with Crippen molar-refractivity contribution in [2.45, 2.75) is 252 Å². The summed E-state index contributed by atoms with van der Waals surface area (Å²) < 4.78 is 12.5. The van der Waals surface area contributed by atoms with Gasteiger partial charge in [-0.1, -0.05) is 175 Å². The highest BCUT2D eigenvalue weighted by atomic mass is 16.5. The highest BCUT2D eigenvalue weighted by Crippen LogP contribution is 2.19. The number of carbonyl (C=O) groups excluding carboxylic acids is 1. The molecule has 1 N–H and O–H groups in total. The third kappa shape index (κ3) is 34.2. The lowest BCUT2D eigenvalue weighted by molar-refractivity contribution is -0.150. The molecule has 0 bridgehead atoms. The van der Waals surface area contributed by atoms with Gasteiger partial charge in [-0.25, -0.2) is 0 Å². The Morgan fingerprint density at radius 3 is 1.41 bits per heavy atom. The summed E-state index contributed by atoms with van der Waals surface area (Å²) >= 11 is 0. The molecule has 294 valence electrons. The van der Waals surface area contributed by atoms with E-state index in [4.69, 9.17) is 9.47 Å². The summed E-state index contributed by atoms with van der Waals surface area (Å²) in [6.45, 7) is 11.8. The summed E-state index contributed by atoms with van der Waals surface area (Å²) in [4.78, 5) is 15.2. The second kappa shape index (κ2) is 40.1. The second-order valence-electron chi connectivity index (χ2n) is 15.2. The van der Waals surface area contributed by atoms with Crippen molar-refractivity contribution in [3.63, 3.8) is 0 Å². The van der Waals surface area contributed by atoms with Gasteiger partial charge in [-0.05, 0) is 57.8 Å². The van der Waals surface area contributed by atoms with Gasteiger partial charge < -0.3 is 14.6 Å². The van der Waals surface area contributed by atoms with Crippen LogP contribution in [0.3, 0.4) is 0 Å². The number of hydrogen-bond donors (Lipinski definition) is 1. The molecule has 0 heterocycles. The summed E-state index contributed by atoms with van der Waals surface area (Å²) in [6, 6.07) is 0. The molecule has 0 aliphatic heterocycles. The lowest BCUT2D eigenvalue weighted by Crippen LogP contribution is -2.40. The van der Waals surface area contributed by atoms with Crippen molar-refractivity contribution >= 4 is 5.97 Å². The molecule has 0 aromatic rings. The Bertz CT molecular complexity index is 628. The van der Waals surface area contributed by atoms with Crippen LogP contribution < -0.4 is 0 Å². The summed E-state index contributed by atoms with van der Waals surface area (Å²) in [5.41, 5.74) is 0. The maximum absolute atomic E-state index is 12.8. The monoisotopic (exact) mass is 696 g/mol. The number of hydrogen-bond acceptors (Lipinski definition) is 5. The van der Waals surface area contributed by atoms with E-state index in [0.717, 1.165) is 70.9 Å². The van der Waals surface area contributed by atoms with Crippen molar-refractivity contribution in [1.82, 2.24) is 4.90 Å². The van der Waals surface area contributed by atoms with E-state index in [-0.39, 0.29) is 24.9 Å². The van der Waals surface area contributed by atoms with Gasteiger partial charge in [0.2, 0.25) is 0 Å². The van der Waals surface area contributed by atoms with Gasteiger partial charge in [0.1, 0.15) is 12.3 Å². The summed E-state index contributed by atoms with van der Waals surface area (Å²) in [6.07, 6.45) is 40.5. The molecule has 0 fully saturated rings. The third-order valence-electron chi connectivity index (χ3n) is 10.3. The molecule has 49 heavy (non-hydrogen) atoms. The van der Waals surface area contributed by atoms with Crippen molar-refractivity contribution < 1.29 is 19.4 Å². The van der Waals surface area contributed by atoms with Crippen molar-refractivity contribution in [3.05, 3.63) is 0 Å². The van der Waals surface area contributed by atoms with E-state index in [1.54, 1.807) is 0 Å². The van der Waals surface area contributed by atoms with Crippen LogP contribution in [0.2, 0.25) is 0 Å². The number of nitrogens with zero attached hydrogens (tertiary/aromatic N) is 1. The quantitative estimate of drug-likeness (QED) is 0.0392. The molecule has 0 aliphatic carbocycles. The molecule has 1 unspecified atom stereocenters. The first-order chi connectivity index (χ1) is 24.1. The van der Waals surface area contributed by atoms with Crippen LogP contribution in [0.15, 0.2) is 0 Å². The number of aliphatic hydroxyl groups is 1. The number of esters is 1. The Labute approximate surface area is 307 Å². The topological polar surface area (TPSA) is 59.0 Å². The number of unbranched alkanes of at least 4 members (excludes halogenated alkanes) is 24. The van der Waals surface area contributed by atoms with Crippen LogP contribution in [0.4, 0.5) is 0 Å². The second-order valence-corrected chi connectivity index (χ2v) is 15.2. The van der Waals surface area contributed by atoms with Gasteiger partial charge >= 0.3 is 5.97 Å². The zero-order chi connectivity index (χ0) is 35.9. The highest BCUT2D eigenvalue weighted by Gasteiger charge is 2.18. The van der Waals surface area contributed by atoms with E-state index >= 15 is 0 Å². The van der Waals surface area contributed by atoms with Gasteiger partial charge in [0.05, 0.1) is 6.61 Å². The maximum atomic E-state index is 12.8. The smallest absolute Gasteiger partial charge is 0.306 e. The third-order valence-corrected chi connectivity index (χ3v) is 10.3. The first-order valence-electron chi connectivity index (χ1n) is 22.3.